The Balaban J connectivity index is 2.28. The predicted molar refractivity (Wildman–Crippen MR) is 79.3 cm³/mol. The summed E-state index contributed by atoms with van der Waals surface area (Å²) in [6, 6.07) is 8.39. The van der Waals surface area contributed by atoms with E-state index in [1.54, 1.807) is 18.2 Å². The van der Waals surface area contributed by atoms with Crippen LogP contribution in [-0.2, 0) is 6.42 Å². The van der Waals surface area contributed by atoms with Crippen LogP contribution in [0.2, 0.25) is 5.02 Å². The minimum Gasteiger partial charge on any atom is -0.271 e. The van der Waals surface area contributed by atoms with Crippen molar-refractivity contribution in [3.8, 4) is 0 Å². The highest BCUT2D eigenvalue weighted by molar-refractivity contribution is 9.10. The van der Waals surface area contributed by atoms with Crippen LogP contribution in [0.15, 0.2) is 40.9 Å². The molecule has 3 N–H and O–H groups in total. The van der Waals surface area contributed by atoms with Crippen LogP contribution in [0.3, 0.4) is 0 Å². The fraction of sp³-hybridized carbons (Fsp3) is 0.143. The van der Waals surface area contributed by atoms with E-state index < -0.39 is 11.9 Å². The van der Waals surface area contributed by atoms with Crippen molar-refractivity contribution in [3.05, 3.63) is 68.7 Å². The Labute approximate surface area is 129 Å². The molecule has 2 aromatic rings. The topological polar surface area (TPSA) is 38.0 Å². The largest absolute Gasteiger partial charge is 0.271 e. The molecule has 0 heterocycles. The summed E-state index contributed by atoms with van der Waals surface area (Å²) in [5.74, 6) is 4.71. The molecule has 0 aromatic heterocycles. The molecule has 20 heavy (non-hydrogen) atoms. The van der Waals surface area contributed by atoms with Gasteiger partial charge in [0.2, 0.25) is 0 Å². The highest BCUT2D eigenvalue weighted by Gasteiger charge is 2.17. The molecule has 0 aliphatic heterocycles. The zero-order valence-electron chi connectivity index (χ0n) is 10.3. The van der Waals surface area contributed by atoms with Gasteiger partial charge in [0, 0.05) is 15.1 Å². The Hall–Kier alpha value is -1.01. The predicted octanol–water partition coefficient (Wildman–Crippen LogP) is 4.13. The van der Waals surface area contributed by atoms with E-state index in [1.807, 2.05) is 0 Å². The summed E-state index contributed by atoms with van der Waals surface area (Å²) in [6.45, 7) is 0. The van der Waals surface area contributed by atoms with Gasteiger partial charge in [-0.05, 0) is 36.2 Å². The van der Waals surface area contributed by atoms with Crippen LogP contribution >= 0.6 is 27.5 Å². The third-order valence-corrected chi connectivity index (χ3v) is 3.82. The van der Waals surface area contributed by atoms with Crippen molar-refractivity contribution < 1.29 is 8.78 Å². The van der Waals surface area contributed by atoms with Gasteiger partial charge in [-0.2, -0.15) is 0 Å². The molecule has 6 heteroatoms. The second-order valence-corrected chi connectivity index (χ2v) is 5.65. The van der Waals surface area contributed by atoms with E-state index in [1.165, 1.54) is 18.2 Å². The standard InChI is InChI=1S/C14H12BrClF2N2/c15-9-2-4-11(13(18)6-9)14(20-19)5-8-1-3-10(17)7-12(8)16/h1-4,6-7,14,20H,5,19H2. The lowest BCUT2D eigenvalue weighted by molar-refractivity contribution is 0.510. The van der Waals surface area contributed by atoms with Crippen LogP contribution in [0.5, 0.6) is 0 Å². The maximum atomic E-state index is 13.9. The summed E-state index contributed by atoms with van der Waals surface area (Å²) >= 11 is 9.17. The lowest BCUT2D eigenvalue weighted by Gasteiger charge is -2.18. The Bertz CT molecular complexity index is 622. The molecule has 0 spiro atoms. The molecule has 0 amide bonds. The summed E-state index contributed by atoms with van der Waals surface area (Å²) in [4.78, 5) is 0. The Morgan fingerprint density at radius 2 is 1.95 bits per heavy atom. The van der Waals surface area contributed by atoms with E-state index in [4.69, 9.17) is 17.4 Å². The minimum absolute atomic E-state index is 0.294. The van der Waals surface area contributed by atoms with Gasteiger partial charge in [-0.3, -0.25) is 11.3 Å². The van der Waals surface area contributed by atoms with Crippen LogP contribution in [0.25, 0.3) is 0 Å². The molecule has 1 unspecified atom stereocenters. The number of nitrogens with two attached hydrogens (primary N) is 1. The zero-order chi connectivity index (χ0) is 14.7. The molecule has 0 aliphatic carbocycles. The molecular formula is C14H12BrClF2N2. The van der Waals surface area contributed by atoms with Gasteiger partial charge in [0.15, 0.2) is 0 Å². The second-order valence-electron chi connectivity index (χ2n) is 4.32. The number of hydrogen-bond donors (Lipinski definition) is 2. The van der Waals surface area contributed by atoms with Crippen LogP contribution in [0.4, 0.5) is 8.78 Å². The van der Waals surface area contributed by atoms with Crippen LogP contribution in [0.1, 0.15) is 17.2 Å². The normalized spacial score (nSPS) is 12.4. The highest BCUT2D eigenvalue weighted by atomic mass is 79.9. The number of hydrogen-bond acceptors (Lipinski definition) is 2. The van der Waals surface area contributed by atoms with Crippen molar-refractivity contribution in [2.75, 3.05) is 0 Å². The van der Waals surface area contributed by atoms with Crippen LogP contribution in [-0.4, -0.2) is 0 Å². The van der Waals surface area contributed by atoms with Crippen molar-refractivity contribution in [2.45, 2.75) is 12.5 Å². The molecular weight excluding hydrogens is 350 g/mol. The molecule has 0 bridgehead atoms. The van der Waals surface area contributed by atoms with Crippen molar-refractivity contribution in [1.29, 1.82) is 0 Å². The van der Waals surface area contributed by atoms with E-state index in [9.17, 15) is 8.78 Å². The van der Waals surface area contributed by atoms with Crippen molar-refractivity contribution >= 4 is 27.5 Å². The maximum Gasteiger partial charge on any atom is 0.129 e. The fourth-order valence-corrected chi connectivity index (χ4v) is 2.53. The first-order chi connectivity index (χ1) is 9.51. The summed E-state index contributed by atoms with van der Waals surface area (Å²) in [5, 5.41) is 0.294. The van der Waals surface area contributed by atoms with E-state index in [0.29, 0.717) is 27.0 Å². The second kappa shape index (κ2) is 6.63. The highest BCUT2D eigenvalue weighted by Crippen LogP contribution is 2.26. The molecule has 0 fully saturated rings. The molecule has 1 atom stereocenters. The number of hydrazine groups is 1. The monoisotopic (exact) mass is 360 g/mol. The molecule has 2 nitrogen and oxygen atoms in total. The van der Waals surface area contributed by atoms with Crippen LogP contribution < -0.4 is 11.3 Å². The SMILES string of the molecule is NNC(Cc1ccc(F)cc1Cl)c1ccc(Br)cc1F. The van der Waals surface area contributed by atoms with Gasteiger partial charge in [0.05, 0.1) is 6.04 Å². The summed E-state index contributed by atoms with van der Waals surface area (Å²) in [7, 11) is 0. The van der Waals surface area contributed by atoms with Gasteiger partial charge in [0.1, 0.15) is 11.6 Å². The van der Waals surface area contributed by atoms with Crippen LogP contribution in [0, 0.1) is 11.6 Å². The first-order valence-corrected chi connectivity index (χ1v) is 7.03. The van der Waals surface area contributed by atoms with Gasteiger partial charge in [-0.15, -0.1) is 0 Å². The molecule has 106 valence electrons. The van der Waals surface area contributed by atoms with Gasteiger partial charge in [-0.1, -0.05) is 39.7 Å². The molecule has 0 aliphatic rings. The molecule has 0 radical (unpaired) electrons. The minimum atomic E-state index is -0.453. The van der Waals surface area contributed by atoms with Gasteiger partial charge < -0.3 is 0 Å². The quantitative estimate of drug-likeness (QED) is 0.635. The van der Waals surface area contributed by atoms with Crippen molar-refractivity contribution in [2.24, 2.45) is 5.84 Å². The number of nitrogens with one attached hydrogen (secondary N) is 1. The van der Waals surface area contributed by atoms with E-state index in [0.717, 1.165) is 0 Å². The zero-order valence-corrected chi connectivity index (χ0v) is 12.7. The Morgan fingerprint density at radius 1 is 1.20 bits per heavy atom. The Kier molecular flexibility index (Phi) is 5.10. The number of halogens is 4. The third-order valence-electron chi connectivity index (χ3n) is 2.98. The van der Waals surface area contributed by atoms with Gasteiger partial charge in [-0.25, -0.2) is 8.78 Å². The third kappa shape index (κ3) is 3.55. The first-order valence-electron chi connectivity index (χ1n) is 5.86. The number of rotatable bonds is 4. The van der Waals surface area contributed by atoms with E-state index >= 15 is 0 Å². The first kappa shape index (κ1) is 15.4. The molecule has 2 rings (SSSR count). The molecule has 2 aromatic carbocycles. The van der Waals surface area contributed by atoms with Gasteiger partial charge >= 0.3 is 0 Å². The average Bonchev–Trinajstić information content (AvgIpc) is 2.39. The summed E-state index contributed by atoms with van der Waals surface area (Å²) in [6.07, 6.45) is 0.355. The van der Waals surface area contributed by atoms with E-state index in [-0.39, 0.29) is 5.82 Å². The number of benzene rings is 2. The molecule has 0 saturated heterocycles. The fourth-order valence-electron chi connectivity index (χ4n) is 1.95. The molecule has 0 saturated carbocycles. The smallest absolute Gasteiger partial charge is 0.129 e. The average molecular weight is 362 g/mol. The lowest BCUT2D eigenvalue weighted by Crippen LogP contribution is -2.30. The summed E-state index contributed by atoms with van der Waals surface area (Å²) < 4.78 is 27.6. The summed E-state index contributed by atoms with van der Waals surface area (Å²) in [5.41, 5.74) is 3.68. The Morgan fingerprint density at radius 3 is 2.55 bits per heavy atom. The van der Waals surface area contributed by atoms with Crippen molar-refractivity contribution in [1.82, 2.24) is 5.43 Å². The van der Waals surface area contributed by atoms with Gasteiger partial charge in [0.25, 0.3) is 0 Å². The lowest BCUT2D eigenvalue weighted by atomic mass is 9.99. The van der Waals surface area contributed by atoms with Crippen molar-refractivity contribution in [3.63, 3.8) is 0 Å². The van der Waals surface area contributed by atoms with E-state index in [2.05, 4.69) is 21.4 Å². The maximum absolute atomic E-state index is 13.9.